The Kier molecular flexibility index (Phi) is 10.9. The maximum Gasteiger partial charge on any atom is 0.249 e. The number of fused-ring (bicyclic) bond motifs is 1. The molecule has 2 fully saturated rings. The molecule has 3 heterocycles. The Morgan fingerprint density at radius 1 is 1.09 bits per heavy atom. The molecule has 3 N–H and O–H groups in total. The van der Waals surface area contributed by atoms with Gasteiger partial charge >= 0.3 is 0 Å². The van der Waals surface area contributed by atoms with Gasteiger partial charge in [0.1, 0.15) is 11.6 Å². The average Bonchev–Trinajstić information content (AvgIpc) is 3.06. The van der Waals surface area contributed by atoms with Crippen LogP contribution in [0.25, 0.3) is 10.9 Å². The molecule has 0 aliphatic carbocycles. The van der Waals surface area contributed by atoms with Gasteiger partial charge in [0.05, 0.1) is 37.4 Å². The number of amides is 1. The van der Waals surface area contributed by atoms with Crippen LogP contribution in [0.15, 0.2) is 36.5 Å². The first kappa shape index (κ1) is 33.1. The molecule has 0 spiro atoms. The molecule has 5 rings (SSSR count). The van der Waals surface area contributed by atoms with Gasteiger partial charge in [-0.2, -0.15) is 0 Å². The third kappa shape index (κ3) is 7.75. The van der Waals surface area contributed by atoms with Crippen molar-refractivity contribution in [1.82, 2.24) is 20.3 Å². The van der Waals surface area contributed by atoms with Gasteiger partial charge in [-0.25, -0.2) is 18.7 Å². The highest BCUT2D eigenvalue weighted by atomic mass is 19.2. The van der Waals surface area contributed by atoms with Gasteiger partial charge in [-0.3, -0.25) is 19.9 Å². The zero-order valence-electron chi connectivity index (χ0n) is 25.5. The maximum absolute atomic E-state index is 14.1. The SMILES string of the molecule is COc1ccc2ncc(CN3CCOCC3)c(C(O)CCC3(C(=O)NO)CCN(CCCc4cc(F)cc(F)c4F)CC3)c2c1. The molecule has 2 aliphatic rings. The summed E-state index contributed by atoms with van der Waals surface area (Å²) in [6.45, 7) is 5.08. The van der Waals surface area contributed by atoms with Crippen LogP contribution in [-0.4, -0.2) is 84.1 Å². The van der Waals surface area contributed by atoms with E-state index < -0.39 is 34.9 Å². The lowest BCUT2D eigenvalue weighted by atomic mass is 9.73. The number of piperidine rings is 1. The predicted octanol–water partition coefficient (Wildman–Crippen LogP) is 4.53. The van der Waals surface area contributed by atoms with E-state index in [0.29, 0.717) is 76.9 Å². The molecule has 244 valence electrons. The second-order valence-corrected chi connectivity index (χ2v) is 12.1. The van der Waals surface area contributed by atoms with Crippen molar-refractivity contribution in [2.45, 2.75) is 51.2 Å². The number of aliphatic hydroxyl groups excluding tert-OH is 1. The van der Waals surface area contributed by atoms with E-state index in [9.17, 15) is 28.3 Å². The lowest BCUT2D eigenvalue weighted by Crippen LogP contribution is -2.48. The third-order valence-corrected chi connectivity index (χ3v) is 9.31. The van der Waals surface area contributed by atoms with Gasteiger partial charge in [0.15, 0.2) is 11.6 Å². The normalized spacial score (nSPS) is 18.2. The number of likely N-dealkylation sites (tertiary alicyclic amines) is 1. The van der Waals surface area contributed by atoms with Crippen molar-refractivity contribution >= 4 is 16.8 Å². The number of aliphatic hydroxyl groups is 1. The van der Waals surface area contributed by atoms with Gasteiger partial charge in [0, 0.05) is 37.3 Å². The summed E-state index contributed by atoms with van der Waals surface area (Å²) in [5.41, 5.74) is 3.34. The minimum absolute atomic E-state index is 0.00162. The molecule has 1 amide bonds. The molecule has 0 radical (unpaired) electrons. The van der Waals surface area contributed by atoms with E-state index in [0.717, 1.165) is 41.2 Å². The van der Waals surface area contributed by atoms with Crippen molar-refractivity contribution in [3.63, 3.8) is 0 Å². The number of rotatable bonds is 12. The van der Waals surface area contributed by atoms with E-state index in [1.54, 1.807) is 7.11 Å². The summed E-state index contributed by atoms with van der Waals surface area (Å²) in [6.07, 6.45) is 3.09. The lowest BCUT2D eigenvalue weighted by molar-refractivity contribution is -0.143. The standard InChI is InChI=1S/C33H41F3N4O5/c1-44-25-4-5-28-26(19-25)30(23(20-37-28)21-40-13-15-45-16-14-40)29(41)6-7-33(32(42)38-43)8-11-39(12-9-33)10-2-3-22-17-24(34)18-27(35)31(22)36/h4-5,17-20,29,41,43H,2-3,6-16,21H2,1H3,(H,38,42). The molecule has 12 heteroatoms. The van der Waals surface area contributed by atoms with Crippen LogP contribution in [0.1, 0.15) is 54.9 Å². The average molecular weight is 631 g/mol. The first-order chi connectivity index (χ1) is 21.7. The monoisotopic (exact) mass is 630 g/mol. The third-order valence-electron chi connectivity index (χ3n) is 9.31. The molecule has 1 atom stereocenters. The predicted molar refractivity (Wildman–Crippen MR) is 161 cm³/mol. The zero-order chi connectivity index (χ0) is 32.0. The fourth-order valence-electron chi connectivity index (χ4n) is 6.64. The van der Waals surface area contributed by atoms with Crippen LogP contribution >= 0.6 is 0 Å². The van der Waals surface area contributed by atoms with Gasteiger partial charge in [0.2, 0.25) is 5.91 Å². The van der Waals surface area contributed by atoms with Crippen LogP contribution in [0, 0.1) is 22.9 Å². The zero-order valence-corrected chi connectivity index (χ0v) is 25.5. The van der Waals surface area contributed by atoms with Crippen LogP contribution in [0.2, 0.25) is 0 Å². The number of nitrogens with one attached hydrogen (secondary N) is 1. The summed E-state index contributed by atoms with van der Waals surface area (Å²) in [7, 11) is 1.59. The van der Waals surface area contributed by atoms with Crippen molar-refractivity contribution in [3.05, 3.63) is 70.7 Å². The smallest absolute Gasteiger partial charge is 0.249 e. The molecule has 0 bridgehead atoms. The summed E-state index contributed by atoms with van der Waals surface area (Å²) >= 11 is 0. The second-order valence-electron chi connectivity index (χ2n) is 12.1. The summed E-state index contributed by atoms with van der Waals surface area (Å²) in [5, 5.41) is 22.2. The van der Waals surface area contributed by atoms with Crippen LogP contribution in [0.3, 0.4) is 0 Å². The highest BCUT2D eigenvalue weighted by molar-refractivity contribution is 5.85. The second kappa shape index (κ2) is 14.9. The van der Waals surface area contributed by atoms with Crippen molar-refractivity contribution in [1.29, 1.82) is 0 Å². The topological polar surface area (TPSA) is 107 Å². The number of hydrogen-bond donors (Lipinski definition) is 3. The Hall–Kier alpha value is -3.29. The number of ether oxygens (including phenoxy) is 2. The van der Waals surface area contributed by atoms with Crippen molar-refractivity contribution in [2.24, 2.45) is 5.41 Å². The highest BCUT2D eigenvalue weighted by Gasteiger charge is 2.41. The Morgan fingerprint density at radius 3 is 2.56 bits per heavy atom. The molecule has 1 unspecified atom stereocenters. The van der Waals surface area contributed by atoms with Gasteiger partial charge < -0.3 is 19.5 Å². The molecule has 1 aromatic heterocycles. The number of halogens is 3. The largest absolute Gasteiger partial charge is 0.497 e. The molecular formula is C33H41F3N4O5. The molecule has 3 aromatic rings. The Balaban J connectivity index is 1.27. The number of benzene rings is 2. The summed E-state index contributed by atoms with van der Waals surface area (Å²) in [4.78, 5) is 22.1. The molecule has 9 nitrogen and oxygen atoms in total. The first-order valence-electron chi connectivity index (χ1n) is 15.5. The lowest BCUT2D eigenvalue weighted by Gasteiger charge is -2.40. The quantitative estimate of drug-likeness (QED) is 0.152. The van der Waals surface area contributed by atoms with Crippen LogP contribution in [0.4, 0.5) is 13.2 Å². The molecule has 2 saturated heterocycles. The van der Waals surface area contributed by atoms with Crippen LogP contribution < -0.4 is 10.2 Å². The number of morpholine rings is 1. The fourth-order valence-corrected chi connectivity index (χ4v) is 6.64. The van der Waals surface area contributed by atoms with E-state index in [2.05, 4.69) is 14.8 Å². The van der Waals surface area contributed by atoms with Crippen molar-refractivity contribution in [3.8, 4) is 5.75 Å². The molecule has 2 aliphatic heterocycles. The van der Waals surface area contributed by atoms with E-state index >= 15 is 0 Å². The maximum atomic E-state index is 14.1. The fraction of sp³-hybridized carbons (Fsp3) is 0.515. The number of pyridine rings is 1. The van der Waals surface area contributed by atoms with E-state index in [4.69, 9.17) is 9.47 Å². The van der Waals surface area contributed by atoms with E-state index in [1.165, 1.54) is 0 Å². The number of methoxy groups -OCH3 is 1. The number of aryl methyl sites for hydroxylation is 1. The summed E-state index contributed by atoms with van der Waals surface area (Å²) in [6, 6.07) is 7.12. The summed E-state index contributed by atoms with van der Waals surface area (Å²) < 4.78 is 52.2. The number of carbonyl (C=O) groups is 1. The van der Waals surface area contributed by atoms with Gasteiger partial charge in [-0.15, -0.1) is 0 Å². The van der Waals surface area contributed by atoms with E-state index in [1.807, 2.05) is 29.9 Å². The van der Waals surface area contributed by atoms with Crippen LogP contribution in [0.5, 0.6) is 5.75 Å². The molecule has 2 aromatic carbocycles. The Morgan fingerprint density at radius 2 is 1.84 bits per heavy atom. The van der Waals surface area contributed by atoms with E-state index in [-0.39, 0.29) is 18.4 Å². The van der Waals surface area contributed by atoms with Gasteiger partial charge in [0.25, 0.3) is 0 Å². The number of hydroxylamine groups is 1. The minimum atomic E-state index is -1.20. The number of aromatic nitrogens is 1. The van der Waals surface area contributed by atoms with Crippen molar-refractivity contribution in [2.75, 3.05) is 53.0 Å². The molecule has 45 heavy (non-hydrogen) atoms. The van der Waals surface area contributed by atoms with Crippen molar-refractivity contribution < 1.29 is 37.8 Å². The Labute approximate surface area is 260 Å². The number of nitrogens with zero attached hydrogens (tertiary/aromatic N) is 3. The first-order valence-corrected chi connectivity index (χ1v) is 15.5. The van der Waals surface area contributed by atoms with Gasteiger partial charge in [-0.1, -0.05) is 0 Å². The molecule has 0 saturated carbocycles. The minimum Gasteiger partial charge on any atom is -0.497 e. The number of hydrogen-bond acceptors (Lipinski definition) is 8. The Bertz CT molecular complexity index is 1480. The van der Waals surface area contributed by atoms with Crippen LogP contribution in [-0.2, 0) is 22.5 Å². The summed E-state index contributed by atoms with van der Waals surface area (Å²) in [5.74, 6) is -2.87. The number of carbonyl (C=O) groups excluding carboxylic acids is 1. The van der Waals surface area contributed by atoms with Gasteiger partial charge in [-0.05, 0) is 99.1 Å². The highest BCUT2D eigenvalue weighted by Crippen LogP contribution is 2.40. The molecular weight excluding hydrogens is 589 g/mol.